The molecule has 1 nitrogen and oxygen atoms in total. The SMILES string of the molecule is Cc1ccc(Sc2ccccc2C2(N)C=CC=CC2)c(C)c1.Cl. The Labute approximate surface area is 149 Å². The quantitative estimate of drug-likeness (QED) is 0.791. The number of benzene rings is 2. The molecular weight excluding hydrogens is 322 g/mol. The molecule has 0 aromatic heterocycles. The molecule has 0 fully saturated rings. The molecule has 0 amide bonds. The van der Waals surface area contributed by atoms with Gasteiger partial charge < -0.3 is 5.73 Å². The van der Waals surface area contributed by atoms with E-state index in [0.29, 0.717) is 0 Å². The summed E-state index contributed by atoms with van der Waals surface area (Å²) in [6, 6.07) is 15.1. The summed E-state index contributed by atoms with van der Waals surface area (Å²) in [7, 11) is 0. The second-order valence-electron chi connectivity index (χ2n) is 5.90. The van der Waals surface area contributed by atoms with Crippen LogP contribution in [0.15, 0.2) is 76.6 Å². The van der Waals surface area contributed by atoms with Gasteiger partial charge in [0.15, 0.2) is 0 Å². The minimum absolute atomic E-state index is 0. The van der Waals surface area contributed by atoms with Crippen LogP contribution in [0.1, 0.15) is 23.1 Å². The van der Waals surface area contributed by atoms with Gasteiger partial charge in [0.05, 0.1) is 5.54 Å². The van der Waals surface area contributed by atoms with E-state index in [9.17, 15) is 0 Å². The van der Waals surface area contributed by atoms with Crippen LogP contribution in [0.2, 0.25) is 0 Å². The maximum atomic E-state index is 6.65. The first kappa shape index (κ1) is 17.9. The van der Waals surface area contributed by atoms with Crippen LogP contribution >= 0.6 is 24.2 Å². The zero-order chi connectivity index (χ0) is 15.6. The van der Waals surface area contributed by atoms with Crippen molar-refractivity contribution in [2.75, 3.05) is 0 Å². The average molecular weight is 344 g/mol. The van der Waals surface area contributed by atoms with Crippen LogP contribution in [0, 0.1) is 13.8 Å². The van der Waals surface area contributed by atoms with Crippen molar-refractivity contribution in [2.24, 2.45) is 5.73 Å². The van der Waals surface area contributed by atoms with Gasteiger partial charge in [-0.25, -0.2) is 0 Å². The van der Waals surface area contributed by atoms with E-state index in [-0.39, 0.29) is 12.4 Å². The smallest absolute Gasteiger partial charge is 0.0644 e. The Morgan fingerprint density at radius 2 is 1.78 bits per heavy atom. The first-order valence-electron chi connectivity index (χ1n) is 7.56. The number of aryl methyl sites for hydroxylation is 2. The van der Waals surface area contributed by atoms with Gasteiger partial charge in [-0.2, -0.15) is 0 Å². The Morgan fingerprint density at radius 1 is 1.00 bits per heavy atom. The molecule has 0 spiro atoms. The Balaban J connectivity index is 0.00000192. The fraction of sp³-hybridized carbons (Fsp3) is 0.200. The lowest BCUT2D eigenvalue weighted by molar-refractivity contribution is 0.555. The third-order valence-corrected chi connectivity index (χ3v) is 5.29. The van der Waals surface area contributed by atoms with Crippen LogP contribution in [0.3, 0.4) is 0 Å². The van der Waals surface area contributed by atoms with Crippen LogP contribution in [0.5, 0.6) is 0 Å². The third-order valence-electron chi connectivity index (χ3n) is 4.04. The molecule has 1 unspecified atom stereocenters. The molecular formula is C20H22ClNS. The van der Waals surface area contributed by atoms with E-state index in [2.05, 4.69) is 74.5 Å². The van der Waals surface area contributed by atoms with E-state index in [1.54, 1.807) is 11.8 Å². The molecule has 0 aliphatic heterocycles. The van der Waals surface area contributed by atoms with Gasteiger partial charge in [0.2, 0.25) is 0 Å². The van der Waals surface area contributed by atoms with Crippen LogP contribution in [-0.2, 0) is 5.54 Å². The van der Waals surface area contributed by atoms with Crippen molar-refractivity contribution in [3.05, 3.63) is 83.5 Å². The first-order chi connectivity index (χ1) is 10.6. The van der Waals surface area contributed by atoms with Crippen LogP contribution in [0.4, 0.5) is 0 Å². The van der Waals surface area contributed by atoms with Crippen molar-refractivity contribution in [2.45, 2.75) is 35.6 Å². The summed E-state index contributed by atoms with van der Waals surface area (Å²) in [5.41, 5.74) is 10.0. The fourth-order valence-corrected chi connectivity index (χ4v) is 3.92. The summed E-state index contributed by atoms with van der Waals surface area (Å²) in [4.78, 5) is 2.52. The highest BCUT2D eigenvalue weighted by atomic mass is 35.5. The Morgan fingerprint density at radius 3 is 2.48 bits per heavy atom. The molecule has 120 valence electrons. The molecule has 2 N–H and O–H groups in total. The molecule has 2 aromatic rings. The normalized spacial score (nSPS) is 19.4. The predicted molar refractivity (Wildman–Crippen MR) is 102 cm³/mol. The Hall–Kier alpha value is -1.48. The van der Waals surface area contributed by atoms with E-state index in [4.69, 9.17) is 5.73 Å². The predicted octanol–water partition coefficient (Wildman–Crippen LogP) is 5.55. The second-order valence-corrected chi connectivity index (χ2v) is 6.98. The maximum absolute atomic E-state index is 6.65. The maximum Gasteiger partial charge on any atom is 0.0644 e. The zero-order valence-electron chi connectivity index (χ0n) is 13.5. The van der Waals surface area contributed by atoms with E-state index >= 15 is 0 Å². The van der Waals surface area contributed by atoms with Gasteiger partial charge in [0.1, 0.15) is 0 Å². The monoisotopic (exact) mass is 343 g/mol. The van der Waals surface area contributed by atoms with Gasteiger partial charge in [0.25, 0.3) is 0 Å². The Kier molecular flexibility index (Phi) is 5.74. The van der Waals surface area contributed by atoms with E-state index in [0.717, 1.165) is 6.42 Å². The number of rotatable bonds is 3. The minimum Gasteiger partial charge on any atom is -0.318 e. The summed E-state index contributed by atoms with van der Waals surface area (Å²) >= 11 is 1.80. The van der Waals surface area contributed by atoms with Crippen LogP contribution < -0.4 is 5.73 Å². The topological polar surface area (TPSA) is 26.0 Å². The van der Waals surface area contributed by atoms with Gasteiger partial charge >= 0.3 is 0 Å². The zero-order valence-corrected chi connectivity index (χ0v) is 15.1. The standard InChI is InChI=1S/C20H21NS.ClH/c1-15-10-11-18(16(2)14-15)22-19-9-5-4-8-17(19)20(21)12-6-3-7-13-20;/h3-12,14H,13,21H2,1-2H3;1H. The number of halogens is 1. The van der Waals surface area contributed by atoms with Gasteiger partial charge in [0, 0.05) is 9.79 Å². The summed E-state index contributed by atoms with van der Waals surface area (Å²) in [5.74, 6) is 0. The lowest BCUT2D eigenvalue weighted by Crippen LogP contribution is -2.35. The van der Waals surface area contributed by atoms with Crippen molar-refractivity contribution in [3.63, 3.8) is 0 Å². The highest BCUT2D eigenvalue weighted by Gasteiger charge is 2.26. The number of hydrogen-bond acceptors (Lipinski definition) is 2. The molecule has 0 saturated heterocycles. The molecule has 0 heterocycles. The lowest BCUT2D eigenvalue weighted by Gasteiger charge is -2.29. The van der Waals surface area contributed by atoms with E-state index < -0.39 is 5.54 Å². The molecule has 3 heteroatoms. The Bertz CT molecular complexity index is 751. The van der Waals surface area contributed by atoms with Crippen molar-refractivity contribution >= 4 is 24.2 Å². The lowest BCUT2D eigenvalue weighted by atomic mass is 9.85. The molecule has 1 aliphatic rings. The summed E-state index contributed by atoms with van der Waals surface area (Å²) in [6.45, 7) is 4.29. The van der Waals surface area contributed by atoms with Crippen molar-refractivity contribution in [1.29, 1.82) is 0 Å². The van der Waals surface area contributed by atoms with Crippen molar-refractivity contribution in [1.82, 2.24) is 0 Å². The second kappa shape index (κ2) is 7.39. The molecule has 2 aromatic carbocycles. The molecule has 1 aliphatic carbocycles. The molecule has 1 atom stereocenters. The van der Waals surface area contributed by atoms with Crippen molar-refractivity contribution < 1.29 is 0 Å². The third kappa shape index (κ3) is 3.89. The van der Waals surface area contributed by atoms with E-state index in [1.807, 2.05) is 6.08 Å². The fourth-order valence-electron chi connectivity index (χ4n) is 2.81. The van der Waals surface area contributed by atoms with Gasteiger partial charge in [-0.15, -0.1) is 12.4 Å². The number of nitrogens with two attached hydrogens (primary N) is 1. The van der Waals surface area contributed by atoms with Crippen LogP contribution in [0.25, 0.3) is 0 Å². The van der Waals surface area contributed by atoms with Crippen LogP contribution in [-0.4, -0.2) is 0 Å². The highest BCUT2D eigenvalue weighted by molar-refractivity contribution is 7.99. The minimum atomic E-state index is -0.406. The highest BCUT2D eigenvalue weighted by Crippen LogP contribution is 2.38. The van der Waals surface area contributed by atoms with E-state index in [1.165, 1.54) is 26.5 Å². The summed E-state index contributed by atoms with van der Waals surface area (Å²) < 4.78 is 0. The van der Waals surface area contributed by atoms with Gasteiger partial charge in [-0.1, -0.05) is 72.0 Å². The first-order valence-corrected chi connectivity index (χ1v) is 8.38. The molecule has 23 heavy (non-hydrogen) atoms. The summed E-state index contributed by atoms with van der Waals surface area (Å²) in [6.07, 6.45) is 9.19. The molecule has 0 bridgehead atoms. The van der Waals surface area contributed by atoms with Crippen molar-refractivity contribution in [3.8, 4) is 0 Å². The van der Waals surface area contributed by atoms with Gasteiger partial charge in [-0.05, 0) is 43.5 Å². The molecule has 0 radical (unpaired) electrons. The molecule has 0 saturated carbocycles. The number of hydrogen-bond donors (Lipinski definition) is 1. The largest absolute Gasteiger partial charge is 0.318 e. The summed E-state index contributed by atoms with van der Waals surface area (Å²) in [5, 5.41) is 0. The molecule has 3 rings (SSSR count). The number of allylic oxidation sites excluding steroid dienone is 2. The average Bonchev–Trinajstić information content (AvgIpc) is 2.51. The van der Waals surface area contributed by atoms with Gasteiger partial charge in [-0.3, -0.25) is 0 Å².